The summed E-state index contributed by atoms with van der Waals surface area (Å²) in [7, 11) is 0. The fraction of sp³-hybridized carbons (Fsp3) is 0.154. The summed E-state index contributed by atoms with van der Waals surface area (Å²) in [5.41, 5.74) is 7.68. The zero-order valence-corrected chi connectivity index (χ0v) is 24.1. The lowest BCUT2D eigenvalue weighted by molar-refractivity contribution is 0.0734. The lowest BCUT2D eigenvalue weighted by atomic mass is 9.93. The van der Waals surface area contributed by atoms with Crippen LogP contribution in [0.25, 0.3) is 23.3 Å². The standard InChI is InChI=1S/C39H35FO2/c1-3-7-29-15-24-37(25-16-29)42-39(41)36-23-22-35(38(40)27-36)21-12-30-10-17-33(18-11-30)34-19-13-31(14-20-34)26-28(2)32-8-5-4-6-9-32/h4-6,8-25,27-28H,3,7,26H2,1-2H3/b21-12+. The lowest BCUT2D eigenvalue weighted by Crippen LogP contribution is -2.09. The van der Waals surface area contributed by atoms with E-state index in [1.807, 2.05) is 30.3 Å². The summed E-state index contributed by atoms with van der Waals surface area (Å²) in [5.74, 6) is -0.147. The Balaban J connectivity index is 1.18. The Morgan fingerprint density at radius 2 is 1.40 bits per heavy atom. The molecule has 3 heteroatoms. The van der Waals surface area contributed by atoms with Crippen molar-refractivity contribution in [1.82, 2.24) is 0 Å². The first-order valence-corrected chi connectivity index (χ1v) is 14.5. The Labute approximate surface area is 248 Å². The molecule has 0 amide bonds. The van der Waals surface area contributed by atoms with Gasteiger partial charge in [-0.25, -0.2) is 9.18 Å². The Morgan fingerprint density at radius 3 is 2.05 bits per heavy atom. The SMILES string of the molecule is CCCc1ccc(OC(=O)c2ccc(/C=C/c3ccc(-c4ccc(CC(C)c5ccccc5)cc4)cc3)c(F)c2)cc1. The summed E-state index contributed by atoms with van der Waals surface area (Å²) in [6, 6.07) is 39.4. The molecule has 0 fully saturated rings. The second-order valence-electron chi connectivity index (χ2n) is 10.7. The number of halogens is 1. The third-order valence-electron chi connectivity index (χ3n) is 7.47. The van der Waals surface area contributed by atoms with Gasteiger partial charge in [0.25, 0.3) is 0 Å². The van der Waals surface area contributed by atoms with Gasteiger partial charge in [0.15, 0.2) is 0 Å². The molecule has 0 aliphatic carbocycles. The van der Waals surface area contributed by atoms with Crippen molar-refractivity contribution in [3.05, 3.63) is 161 Å². The first-order chi connectivity index (χ1) is 20.5. The Hall–Kier alpha value is -4.76. The molecular weight excluding hydrogens is 519 g/mol. The molecule has 1 unspecified atom stereocenters. The van der Waals surface area contributed by atoms with Gasteiger partial charge in [-0.1, -0.05) is 129 Å². The molecule has 0 aromatic heterocycles. The fourth-order valence-corrected chi connectivity index (χ4v) is 5.03. The molecule has 210 valence electrons. The van der Waals surface area contributed by atoms with Crippen LogP contribution in [0.4, 0.5) is 4.39 Å². The van der Waals surface area contributed by atoms with Crippen LogP contribution in [0, 0.1) is 5.82 Å². The molecule has 0 radical (unpaired) electrons. The zero-order chi connectivity index (χ0) is 29.3. The molecule has 5 rings (SSSR count). The molecule has 0 aliphatic rings. The van der Waals surface area contributed by atoms with Crippen molar-refractivity contribution in [3.63, 3.8) is 0 Å². The van der Waals surface area contributed by atoms with Crippen LogP contribution >= 0.6 is 0 Å². The molecule has 0 aliphatic heterocycles. The molecule has 0 bridgehead atoms. The highest BCUT2D eigenvalue weighted by atomic mass is 19.1. The van der Waals surface area contributed by atoms with Gasteiger partial charge >= 0.3 is 5.97 Å². The average Bonchev–Trinajstić information content (AvgIpc) is 3.02. The van der Waals surface area contributed by atoms with E-state index in [4.69, 9.17) is 4.74 Å². The van der Waals surface area contributed by atoms with Crippen molar-refractivity contribution < 1.29 is 13.9 Å². The number of esters is 1. The maximum Gasteiger partial charge on any atom is 0.343 e. The number of hydrogen-bond donors (Lipinski definition) is 0. The highest BCUT2D eigenvalue weighted by Crippen LogP contribution is 2.25. The van der Waals surface area contributed by atoms with Crippen LogP contribution in [0.15, 0.2) is 121 Å². The maximum absolute atomic E-state index is 14.8. The minimum Gasteiger partial charge on any atom is -0.423 e. The van der Waals surface area contributed by atoms with Crippen molar-refractivity contribution in [2.75, 3.05) is 0 Å². The molecule has 2 nitrogen and oxygen atoms in total. The molecule has 5 aromatic carbocycles. The molecule has 5 aromatic rings. The predicted octanol–water partition coefficient (Wildman–Crippen LogP) is 10.2. The van der Waals surface area contributed by atoms with Crippen molar-refractivity contribution >= 4 is 18.1 Å². The van der Waals surface area contributed by atoms with E-state index >= 15 is 0 Å². The van der Waals surface area contributed by atoms with Gasteiger partial charge < -0.3 is 4.74 Å². The second kappa shape index (κ2) is 13.7. The third kappa shape index (κ3) is 7.50. The molecule has 0 N–H and O–H groups in total. The molecule has 0 spiro atoms. The number of ether oxygens (including phenoxy) is 1. The number of carbonyl (C=O) groups excluding carboxylic acids is 1. The normalized spacial score (nSPS) is 11.9. The van der Waals surface area contributed by atoms with E-state index in [2.05, 4.69) is 80.6 Å². The average molecular weight is 555 g/mol. The molecule has 0 saturated carbocycles. The molecule has 1 atom stereocenters. The quantitative estimate of drug-likeness (QED) is 0.0975. The topological polar surface area (TPSA) is 26.3 Å². The summed E-state index contributed by atoms with van der Waals surface area (Å²) >= 11 is 0. The first-order valence-electron chi connectivity index (χ1n) is 14.5. The summed E-state index contributed by atoms with van der Waals surface area (Å²) in [4.78, 5) is 12.5. The molecule has 42 heavy (non-hydrogen) atoms. The second-order valence-corrected chi connectivity index (χ2v) is 10.7. The zero-order valence-electron chi connectivity index (χ0n) is 24.1. The Kier molecular flexibility index (Phi) is 9.41. The first kappa shape index (κ1) is 28.8. The van der Waals surface area contributed by atoms with Crippen molar-refractivity contribution in [1.29, 1.82) is 0 Å². The minimum absolute atomic E-state index is 0.173. The predicted molar refractivity (Wildman–Crippen MR) is 171 cm³/mol. The van der Waals surface area contributed by atoms with Gasteiger partial charge in [0.1, 0.15) is 11.6 Å². The smallest absolute Gasteiger partial charge is 0.343 e. The fourth-order valence-electron chi connectivity index (χ4n) is 5.03. The van der Waals surface area contributed by atoms with Gasteiger partial charge in [0.2, 0.25) is 0 Å². The van der Waals surface area contributed by atoms with E-state index in [9.17, 15) is 9.18 Å². The summed E-state index contributed by atoms with van der Waals surface area (Å²) in [6.45, 7) is 4.38. The van der Waals surface area contributed by atoms with Gasteiger partial charge in [0, 0.05) is 5.56 Å². The highest BCUT2D eigenvalue weighted by Gasteiger charge is 2.12. The van der Waals surface area contributed by atoms with Crippen LogP contribution in [0.1, 0.15) is 64.4 Å². The highest BCUT2D eigenvalue weighted by molar-refractivity contribution is 5.91. The van der Waals surface area contributed by atoms with Crippen LogP contribution in [-0.4, -0.2) is 5.97 Å². The van der Waals surface area contributed by atoms with Gasteiger partial charge in [-0.15, -0.1) is 0 Å². The van der Waals surface area contributed by atoms with Crippen molar-refractivity contribution in [3.8, 4) is 16.9 Å². The van der Waals surface area contributed by atoms with Gasteiger partial charge in [-0.3, -0.25) is 0 Å². The Bertz CT molecular complexity index is 1630. The minimum atomic E-state index is -0.581. The number of hydrogen-bond acceptors (Lipinski definition) is 2. The van der Waals surface area contributed by atoms with Crippen LogP contribution in [0.3, 0.4) is 0 Å². The largest absolute Gasteiger partial charge is 0.423 e. The van der Waals surface area contributed by atoms with E-state index in [0.717, 1.165) is 36.0 Å². The van der Waals surface area contributed by atoms with Gasteiger partial charge in [0.05, 0.1) is 5.56 Å². The van der Waals surface area contributed by atoms with E-state index in [-0.39, 0.29) is 5.56 Å². The summed E-state index contributed by atoms with van der Waals surface area (Å²) < 4.78 is 20.2. The monoisotopic (exact) mass is 554 g/mol. The third-order valence-corrected chi connectivity index (χ3v) is 7.47. The van der Waals surface area contributed by atoms with Gasteiger partial charge in [-0.05, 0) is 76.4 Å². The number of rotatable bonds is 10. The molecular formula is C39H35FO2. The summed E-state index contributed by atoms with van der Waals surface area (Å²) in [5, 5.41) is 0. The number of benzene rings is 5. The number of carbonyl (C=O) groups is 1. The van der Waals surface area contributed by atoms with E-state index in [0.29, 0.717) is 17.2 Å². The summed E-state index contributed by atoms with van der Waals surface area (Å²) in [6.07, 6.45) is 6.61. The lowest BCUT2D eigenvalue weighted by Gasteiger charge is -2.12. The van der Waals surface area contributed by atoms with Crippen molar-refractivity contribution in [2.45, 2.75) is 39.0 Å². The van der Waals surface area contributed by atoms with Crippen LogP contribution in [0.2, 0.25) is 0 Å². The molecule has 0 heterocycles. The Morgan fingerprint density at radius 1 is 0.762 bits per heavy atom. The number of aryl methyl sites for hydroxylation is 1. The van der Waals surface area contributed by atoms with E-state index in [1.165, 1.54) is 22.8 Å². The molecule has 0 saturated heterocycles. The van der Waals surface area contributed by atoms with E-state index < -0.39 is 11.8 Å². The van der Waals surface area contributed by atoms with Crippen LogP contribution < -0.4 is 4.74 Å². The van der Waals surface area contributed by atoms with E-state index in [1.54, 1.807) is 30.3 Å². The van der Waals surface area contributed by atoms with Crippen LogP contribution in [-0.2, 0) is 12.8 Å². The maximum atomic E-state index is 14.8. The van der Waals surface area contributed by atoms with Crippen LogP contribution in [0.5, 0.6) is 5.75 Å². The van der Waals surface area contributed by atoms with Gasteiger partial charge in [-0.2, -0.15) is 0 Å². The van der Waals surface area contributed by atoms with Crippen molar-refractivity contribution in [2.24, 2.45) is 0 Å².